The van der Waals surface area contributed by atoms with Crippen molar-refractivity contribution in [1.82, 2.24) is 0 Å². The van der Waals surface area contributed by atoms with Crippen LogP contribution in [0.4, 0.5) is 0 Å². The Hall–Kier alpha value is -1.82. The third kappa shape index (κ3) is 1.74. The molecule has 0 spiro atoms. The van der Waals surface area contributed by atoms with Gasteiger partial charge in [0.05, 0.1) is 0 Å². The van der Waals surface area contributed by atoms with E-state index in [1.807, 2.05) is 0 Å². The van der Waals surface area contributed by atoms with E-state index in [-0.39, 0.29) is 0 Å². The van der Waals surface area contributed by atoms with E-state index >= 15 is 0 Å². The molecule has 1 saturated carbocycles. The third-order valence-corrected chi connectivity index (χ3v) is 4.55. The summed E-state index contributed by atoms with van der Waals surface area (Å²) in [6, 6.07) is 17.5. The molecular formula is C19H18. The van der Waals surface area contributed by atoms with Crippen molar-refractivity contribution in [2.45, 2.75) is 25.7 Å². The first kappa shape index (κ1) is 11.0. The summed E-state index contributed by atoms with van der Waals surface area (Å²) in [4.78, 5) is 0. The van der Waals surface area contributed by atoms with Crippen LogP contribution >= 0.6 is 0 Å². The fourth-order valence-electron chi connectivity index (χ4n) is 3.35. The molecule has 1 atom stereocenters. The van der Waals surface area contributed by atoms with Gasteiger partial charge in [-0.2, -0.15) is 0 Å². The number of allylic oxidation sites excluding steroid dienone is 1. The van der Waals surface area contributed by atoms with Crippen LogP contribution < -0.4 is 0 Å². The Labute approximate surface area is 114 Å². The standard InChI is InChI=1S/C19H18/c1-13-16-8-5-9-17(14-6-3-2-4-7-14)19(16)12-18(13)15-10-11-15/h2-9,12-13,15H,10-11H2,1H3. The Morgan fingerprint density at radius 3 is 2.42 bits per heavy atom. The maximum absolute atomic E-state index is 2.47. The van der Waals surface area contributed by atoms with Crippen LogP contribution in [-0.2, 0) is 0 Å². The van der Waals surface area contributed by atoms with Crippen LogP contribution in [-0.4, -0.2) is 0 Å². The highest BCUT2D eigenvalue weighted by molar-refractivity contribution is 5.82. The molecule has 2 aliphatic carbocycles. The second-order valence-corrected chi connectivity index (χ2v) is 5.81. The molecule has 1 fully saturated rings. The van der Waals surface area contributed by atoms with Gasteiger partial charge in [0.15, 0.2) is 0 Å². The highest BCUT2D eigenvalue weighted by Gasteiger charge is 2.34. The van der Waals surface area contributed by atoms with Gasteiger partial charge in [0.2, 0.25) is 0 Å². The molecule has 0 aromatic heterocycles. The maximum atomic E-state index is 2.47. The average molecular weight is 246 g/mol. The zero-order chi connectivity index (χ0) is 12.8. The van der Waals surface area contributed by atoms with E-state index in [1.54, 1.807) is 5.57 Å². The number of hydrogen-bond donors (Lipinski definition) is 0. The number of fused-ring (bicyclic) bond motifs is 1. The Balaban J connectivity index is 1.87. The van der Waals surface area contributed by atoms with Gasteiger partial charge < -0.3 is 0 Å². The minimum atomic E-state index is 0.617. The van der Waals surface area contributed by atoms with Crippen molar-refractivity contribution in [3.05, 3.63) is 65.2 Å². The molecule has 0 heteroatoms. The van der Waals surface area contributed by atoms with E-state index in [0.717, 1.165) is 5.92 Å². The molecule has 0 saturated heterocycles. The van der Waals surface area contributed by atoms with E-state index in [1.165, 1.54) is 35.1 Å². The van der Waals surface area contributed by atoms with Gasteiger partial charge >= 0.3 is 0 Å². The first-order valence-electron chi connectivity index (χ1n) is 7.24. The second-order valence-electron chi connectivity index (χ2n) is 5.81. The van der Waals surface area contributed by atoms with Crippen molar-refractivity contribution in [3.63, 3.8) is 0 Å². The van der Waals surface area contributed by atoms with Gasteiger partial charge in [-0.1, -0.05) is 67.1 Å². The summed E-state index contributed by atoms with van der Waals surface area (Å²) in [5, 5.41) is 0. The lowest BCUT2D eigenvalue weighted by molar-refractivity contribution is 0.825. The van der Waals surface area contributed by atoms with Crippen molar-refractivity contribution in [2.75, 3.05) is 0 Å². The van der Waals surface area contributed by atoms with Gasteiger partial charge in [0, 0.05) is 5.92 Å². The lowest BCUT2D eigenvalue weighted by Gasteiger charge is -2.12. The highest BCUT2D eigenvalue weighted by atomic mass is 14.4. The van der Waals surface area contributed by atoms with Crippen LogP contribution in [0.15, 0.2) is 54.1 Å². The molecule has 2 aromatic rings. The van der Waals surface area contributed by atoms with Gasteiger partial charge in [-0.3, -0.25) is 0 Å². The summed E-state index contributed by atoms with van der Waals surface area (Å²) >= 11 is 0. The molecule has 0 aliphatic heterocycles. The van der Waals surface area contributed by atoms with Crippen LogP contribution in [0.1, 0.15) is 36.8 Å². The molecule has 0 N–H and O–H groups in total. The monoisotopic (exact) mass is 246 g/mol. The van der Waals surface area contributed by atoms with Gasteiger partial charge in [-0.25, -0.2) is 0 Å². The zero-order valence-electron chi connectivity index (χ0n) is 11.3. The molecule has 0 nitrogen and oxygen atoms in total. The lowest BCUT2D eigenvalue weighted by Crippen LogP contribution is -1.95. The van der Waals surface area contributed by atoms with Crippen LogP contribution in [0.25, 0.3) is 17.2 Å². The summed E-state index contributed by atoms with van der Waals surface area (Å²) < 4.78 is 0. The number of rotatable bonds is 2. The first-order valence-corrected chi connectivity index (χ1v) is 7.24. The number of benzene rings is 2. The van der Waals surface area contributed by atoms with E-state index < -0.39 is 0 Å². The highest BCUT2D eigenvalue weighted by Crippen LogP contribution is 2.50. The molecule has 19 heavy (non-hydrogen) atoms. The van der Waals surface area contributed by atoms with E-state index in [4.69, 9.17) is 0 Å². The summed E-state index contributed by atoms with van der Waals surface area (Å²) in [6.07, 6.45) is 5.26. The predicted octanol–water partition coefficient (Wildman–Crippen LogP) is 5.26. The van der Waals surface area contributed by atoms with Crippen molar-refractivity contribution < 1.29 is 0 Å². The van der Waals surface area contributed by atoms with Crippen molar-refractivity contribution in [3.8, 4) is 11.1 Å². The topological polar surface area (TPSA) is 0 Å². The van der Waals surface area contributed by atoms with Crippen LogP contribution in [0, 0.1) is 5.92 Å². The quantitative estimate of drug-likeness (QED) is 0.677. The minimum Gasteiger partial charge on any atom is -0.0622 e. The zero-order valence-corrected chi connectivity index (χ0v) is 11.3. The lowest BCUT2D eigenvalue weighted by atomic mass is 9.92. The van der Waals surface area contributed by atoms with E-state index in [0.29, 0.717) is 5.92 Å². The Bertz CT molecular complexity index is 645. The minimum absolute atomic E-state index is 0.617. The fraction of sp³-hybridized carbons (Fsp3) is 0.263. The smallest absolute Gasteiger partial charge is 0.00320 e. The van der Waals surface area contributed by atoms with Gasteiger partial charge in [0.1, 0.15) is 0 Å². The van der Waals surface area contributed by atoms with Crippen LogP contribution in [0.5, 0.6) is 0 Å². The Morgan fingerprint density at radius 2 is 1.68 bits per heavy atom. The molecule has 0 amide bonds. The predicted molar refractivity (Wildman–Crippen MR) is 81.0 cm³/mol. The molecule has 0 heterocycles. The van der Waals surface area contributed by atoms with Crippen LogP contribution in [0.2, 0.25) is 0 Å². The summed E-state index contributed by atoms with van der Waals surface area (Å²) in [6.45, 7) is 2.37. The molecule has 94 valence electrons. The van der Waals surface area contributed by atoms with E-state index in [9.17, 15) is 0 Å². The molecule has 4 rings (SSSR count). The number of hydrogen-bond acceptors (Lipinski definition) is 0. The first-order chi connectivity index (χ1) is 9.34. The fourth-order valence-corrected chi connectivity index (χ4v) is 3.35. The summed E-state index contributed by atoms with van der Waals surface area (Å²) in [5.41, 5.74) is 7.37. The van der Waals surface area contributed by atoms with Gasteiger partial charge in [0.25, 0.3) is 0 Å². The Kier molecular flexibility index (Phi) is 2.38. The van der Waals surface area contributed by atoms with Crippen LogP contribution in [0.3, 0.4) is 0 Å². The summed E-state index contributed by atoms with van der Waals surface area (Å²) in [5.74, 6) is 1.48. The van der Waals surface area contributed by atoms with Gasteiger partial charge in [-0.05, 0) is 41.0 Å². The SMILES string of the molecule is CC1C(C2CC2)=Cc2c(-c3ccccc3)cccc21. The molecule has 1 unspecified atom stereocenters. The largest absolute Gasteiger partial charge is 0.0622 e. The molecule has 0 radical (unpaired) electrons. The van der Waals surface area contributed by atoms with Gasteiger partial charge in [-0.15, -0.1) is 0 Å². The average Bonchev–Trinajstić information content (AvgIpc) is 3.25. The van der Waals surface area contributed by atoms with Crippen molar-refractivity contribution in [1.29, 1.82) is 0 Å². The van der Waals surface area contributed by atoms with Crippen molar-refractivity contribution >= 4 is 6.08 Å². The third-order valence-electron chi connectivity index (χ3n) is 4.55. The maximum Gasteiger partial charge on any atom is 0.00320 e. The Morgan fingerprint density at radius 1 is 0.895 bits per heavy atom. The molecule has 2 aliphatic rings. The summed E-state index contributed by atoms with van der Waals surface area (Å²) in [7, 11) is 0. The molecule has 0 bridgehead atoms. The molecule has 2 aromatic carbocycles. The van der Waals surface area contributed by atoms with E-state index in [2.05, 4.69) is 61.5 Å². The normalized spacial score (nSPS) is 21.1. The van der Waals surface area contributed by atoms with Crippen molar-refractivity contribution in [2.24, 2.45) is 5.92 Å². The second kappa shape index (κ2) is 4.09. The molecular weight excluding hydrogens is 228 g/mol.